The second-order valence-corrected chi connectivity index (χ2v) is 13.1. The predicted octanol–water partition coefficient (Wildman–Crippen LogP) is 3.65. The quantitative estimate of drug-likeness (QED) is 0.392. The number of aryl methyl sites for hydroxylation is 2. The number of hydrogen-bond donors (Lipinski definition) is 1. The summed E-state index contributed by atoms with van der Waals surface area (Å²) in [5.74, 6) is -3.50. The van der Waals surface area contributed by atoms with Crippen LogP contribution in [0.2, 0.25) is 0 Å². The third-order valence-electron chi connectivity index (χ3n) is 10.1. The molecule has 0 radical (unpaired) electrons. The van der Waals surface area contributed by atoms with Gasteiger partial charge in [-0.1, -0.05) is 66.8 Å². The summed E-state index contributed by atoms with van der Waals surface area (Å²) in [5, 5.41) is 9.75. The summed E-state index contributed by atoms with van der Waals surface area (Å²) in [6, 6.07) is 13.6. The van der Waals surface area contributed by atoms with E-state index < -0.39 is 47.7 Å². The van der Waals surface area contributed by atoms with E-state index in [1.807, 2.05) is 81.5 Å². The van der Waals surface area contributed by atoms with Gasteiger partial charge in [-0.05, 0) is 56.4 Å². The lowest BCUT2D eigenvalue weighted by Gasteiger charge is -2.35. The molecule has 4 aliphatic rings. The first-order chi connectivity index (χ1) is 22.6. The van der Waals surface area contributed by atoms with Crippen molar-refractivity contribution in [1.82, 2.24) is 9.80 Å². The average molecular weight is 642 g/mol. The third kappa shape index (κ3) is 5.67. The van der Waals surface area contributed by atoms with Crippen LogP contribution in [0.15, 0.2) is 72.8 Å². The predicted molar refractivity (Wildman–Crippen MR) is 175 cm³/mol. The Morgan fingerprint density at radius 3 is 2.51 bits per heavy atom. The Hall–Kier alpha value is -4.28. The van der Waals surface area contributed by atoms with Crippen LogP contribution in [0.25, 0.3) is 0 Å². The minimum Gasteiger partial charge on any atom is -0.455 e. The van der Waals surface area contributed by atoms with E-state index in [-0.39, 0.29) is 50.3 Å². The molecule has 0 saturated carbocycles. The summed E-state index contributed by atoms with van der Waals surface area (Å²) in [6.07, 6.45) is 6.44. The van der Waals surface area contributed by atoms with Crippen LogP contribution in [0, 0.1) is 25.7 Å². The molecule has 248 valence electrons. The van der Waals surface area contributed by atoms with Gasteiger partial charge in [-0.2, -0.15) is 0 Å². The van der Waals surface area contributed by atoms with Crippen molar-refractivity contribution in [3.8, 4) is 0 Å². The Balaban J connectivity index is 1.45. The van der Waals surface area contributed by atoms with E-state index in [0.717, 1.165) is 22.4 Å². The van der Waals surface area contributed by atoms with Crippen molar-refractivity contribution in [2.45, 2.75) is 69.9 Å². The van der Waals surface area contributed by atoms with Gasteiger partial charge in [0.05, 0.1) is 18.1 Å². The number of likely N-dealkylation sites (N-methyl/N-ethyl adjacent to an activating group) is 1. The molecule has 1 N–H and O–H groups in total. The standard InChI is InChI=1S/C37H43N3O7/c1-23-16-17-24(2)27(22-23)39-19-10-18-37-31(34(43)40(20-11-21-41)33(37)35(39)44)30-28(47-37)14-8-9-15-29(42)38(4)25(3)32(46-36(30)45)26-12-6-5-7-13-26/h5-8,10,12-14,16-18,22,25,28,30-33,41H,9,11,15,19-21H2,1-4H3/b14-8-/t25-,28-,30+,31+,32+,33-,37+/m0/s1. The molecule has 4 heterocycles. The monoisotopic (exact) mass is 641 g/mol. The Labute approximate surface area is 275 Å². The van der Waals surface area contributed by atoms with Crippen molar-refractivity contribution in [3.05, 3.63) is 89.5 Å². The first-order valence-electron chi connectivity index (χ1n) is 16.4. The van der Waals surface area contributed by atoms with E-state index in [0.29, 0.717) is 6.42 Å². The average Bonchev–Trinajstić information content (AvgIpc) is 3.45. The summed E-state index contributed by atoms with van der Waals surface area (Å²) in [6.45, 7) is 5.97. The number of rotatable bonds is 5. The van der Waals surface area contributed by atoms with Gasteiger partial charge in [-0.15, -0.1) is 0 Å². The van der Waals surface area contributed by atoms with Gasteiger partial charge in [0.1, 0.15) is 23.7 Å². The highest BCUT2D eigenvalue weighted by Gasteiger charge is 2.71. The number of allylic oxidation sites excluding steroid dienone is 1. The van der Waals surface area contributed by atoms with Crippen LogP contribution < -0.4 is 4.90 Å². The first-order valence-corrected chi connectivity index (χ1v) is 16.4. The van der Waals surface area contributed by atoms with Gasteiger partial charge in [0.2, 0.25) is 11.8 Å². The number of aliphatic hydroxyl groups excluding tert-OH is 1. The largest absolute Gasteiger partial charge is 0.455 e. The van der Waals surface area contributed by atoms with Gasteiger partial charge >= 0.3 is 5.97 Å². The number of anilines is 1. The van der Waals surface area contributed by atoms with Crippen LogP contribution in [0.4, 0.5) is 5.69 Å². The Morgan fingerprint density at radius 2 is 1.77 bits per heavy atom. The van der Waals surface area contributed by atoms with E-state index in [4.69, 9.17) is 9.47 Å². The topological polar surface area (TPSA) is 117 Å². The van der Waals surface area contributed by atoms with Gasteiger partial charge in [0.15, 0.2) is 0 Å². The highest BCUT2D eigenvalue weighted by atomic mass is 16.6. The van der Waals surface area contributed by atoms with E-state index in [1.54, 1.807) is 29.0 Å². The molecule has 4 aliphatic heterocycles. The van der Waals surface area contributed by atoms with Crippen LogP contribution in [-0.2, 0) is 28.7 Å². The zero-order chi connectivity index (χ0) is 33.5. The molecule has 0 aliphatic carbocycles. The molecule has 6 rings (SSSR count). The molecule has 0 aromatic heterocycles. The van der Waals surface area contributed by atoms with Gasteiger partial charge < -0.3 is 29.3 Å². The van der Waals surface area contributed by atoms with E-state index in [1.165, 1.54) is 4.90 Å². The molecule has 10 heteroatoms. The molecule has 2 saturated heterocycles. The summed E-state index contributed by atoms with van der Waals surface area (Å²) in [7, 11) is 1.70. The molecule has 2 aromatic carbocycles. The molecule has 0 bridgehead atoms. The fraction of sp³-hybridized carbons (Fsp3) is 0.459. The van der Waals surface area contributed by atoms with Crippen molar-refractivity contribution in [3.63, 3.8) is 0 Å². The Kier molecular flexibility index (Phi) is 9.09. The molecule has 47 heavy (non-hydrogen) atoms. The van der Waals surface area contributed by atoms with Crippen molar-refractivity contribution < 1.29 is 33.8 Å². The summed E-state index contributed by atoms with van der Waals surface area (Å²) >= 11 is 0. The molecule has 0 unspecified atom stereocenters. The van der Waals surface area contributed by atoms with Crippen LogP contribution >= 0.6 is 0 Å². The van der Waals surface area contributed by atoms with Gasteiger partial charge in [-0.25, -0.2) is 0 Å². The van der Waals surface area contributed by atoms with Crippen LogP contribution in [-0.4, -0.2) is 89.1 Å². The fourth-order valence-corrected chi connectivity index (χ4v) is 7.60. The Bertz CT molecular complexity index is 1610. The maximum atomic E-state index is 14.7. The number of cyclic esters (lactones) is 1. The molecule has 7 atom stereocenters. The molecule has 10 nitrogen and oxygen atoms in total. The smallest absolute Gasteiger partial charge is 0.313 e. The number of likely N-dealkylation sites (tertiary alicyclic amines) is 1. The first kappa shape index (κ1) is 32.7. The van der Waals surface area contributed by atoms with E-state index >= 15 is 0 Å². The van der Waals surface area contributed by atoms with Gasteiger partial charge in [0, 0.05) is 38.9 Å². The number of benzene rings is 2. The minimum atomic E-state index is -1.45. The number of aliphatic hydroxyl groups is 1. The minimum absolute atomic E-state index is 0.0855. The van der Waals surface area contributed by atoms with Crippen LogP contribution in [0.1, 0.15) is 49.0 Å². The molecule has 3 amide bonds. The lowest BCUT2D eigenvalue weighted by molar-refractivity contribution is -0.164. The number of esters is 1. The highest BCUT2D eigenvalue weighted by Crippen LogP contribution is 2.53. The SMILES string of the molecule is Cc1ccc(C)c(N2CC=C[C@@]34O[C@H]5/C=C\CCC(=O)N(C)[C@@H](C)[C@H](c6ccccc6)OC(=O)[C@H]5[C@@H]3C(=O)N(CCCO)[C@H]4C2=O)c1. The van der Waals surface area contributed by atoms with E-state index in [9.17, 15) is 24.3 Å². The zero-order valence-corrected chi connectivity index (χ0v) is 27.4. The normalized spacial score (nSPS) is 31.8. The van der Waals surface area contributed by atoms with Crippen LogP contribution in [0.5, 0.6) is 0 Å². The summed E-state index contributed by atoms with van der Waals surface area (Å²) < 4.78 is 13.1. The fourth-order valence-electron chi connectivity index (χ4n) is 7.60. The second kappa shape index (κ2) is 13.1. The molecular weight excluding hydrogens is 598 g/mol. The molecule has 2 fully saturated rings. The number of fused-ring (bicyclic) bond motifs is 2. The maximum absolute atomic E-state index is 14.7. The highest BCUT2D eigenvalue weighted by molar-refractivity contribution is 6.06. The maximum Gasteiger partial charge on any atom is 0.313 e. The summed E-state index contributed by atoms with van der Waals surface area (Å²) in [5.41, 5.74) is 1.92. The van der Waals surface area contributed by atoms with E-state index in [2.05, 4.69) is 0 Å². The van der Waals surface area contributed by atoms with Gasteiger partial charge in [0.25, 0.3) is 5.91 Å². The van der Waals surface area contributed by atoms with Gasteiger partial charge in [-0.3, -0.25) is 19.2 Å². The number of hydrogen-bond acceptors (Lipinski definition) is 7. The number of amides is 3. The van der Waals surface area contributed by atoms with Crippen molar-refractivity contribution in [2.24, 2.45) is 11.8 Å². The number of carbonyl (C=O) groups is 4. The second-order valence-electron chi connectivity index (χ2n) is 13.1. The van der Waals surface area contributed by atoms with Crippen molar-refractivity contribution in [1.29, 1.82) is 0 Å². The number of ether oxygens (including phenoxy) is 2. The van der Waals surface area contributed by atoms with Crippen LogP contribution in [0.3, 0.4) is 0 Å². The molecule has 1 spiro atoms. The third-order valence-corrected chi connectivity index (χ3v) is 10.1. The van der Waals surface area contributed by atoms with Crippen molar-refractivity contribution >= 4 is 29.4 Å². The lowest BCUT2D eigenvalue weighted by Crippen LogP contribution is -2.55. The Morgan fingerprint density at radius 1 is 1.00 bits per heavy atom. The molecule has 2 aromatic rings. The molecular formula is C37H43N3O7. The summed E-state index contributed by atoms with van der Waals surface area (Å²) in [4.78, 5) is 61.6. The number of nitrogens with zero attached hydrogens (tertiary/aromatic N) is 3. The van der Waals surface area contributed by atoms with Crippen molar-refractivity contribution in [2.75, 3.05) is 31.6 Å². The number of carbonyl (C=O) groups excluding carboxylic acids is 4. The zero-order valence-electron chi connectivity index (χ0n) is 27.4. The lowest BCUT2D eigenvalue weighted by atomic mass is 9.77.